The molecule has 0 spiro atoms. The highest BCUT2D eigenvalue weighted by Gasteiger charge is 2.14. The fourth-order valence-corrected chi connectivity index (χ4v) is 3.23. The maximum absolute atomic E-state index is 11.3. The maximum Gasteiger partial charge on any atom is 0.336 e. The highest BCUT2D eigenvalue weighted by Crippen LogP contribution is 2.31. The molecule has 3 N–H and O–H groups in total. The van der Waals surface area contributed by atoms with Crippen LogP contribution in [-0.2, 0) is 6.61 Å². The monoisotopic (exact) mass is 409 g/mol. The number of aryl methyl sites for hydroxylation is 1. The number of aromatic carboxylic acids is 1. The summed E-state index contributed by atoms with van der Waals surface area (Å²) in [5, 5.41) is 19.0. The molecule has 2 aromatic carbocycles. The fraction of sp³-hybridized carbons (Fsp3) is 0.0952. The van der Waals surface area contributed by atoms with Gasteiger partial charge in [-0.05, 0) is 42.3 Å². The second kappa shape index (κ2) is 7.54. The molecule has 2 heterocycles. The number of aliphatic hydroxyl groups is 1. The standard InChI is InChI=1S/C21H16ClN3O4/c1-11-5-6-14(8-15(11)20(27)28)29-21-23-17-9-16(22)18(24-19(17)25-21)13-4-2-3-12(7-13)10-26/h2-9,26H,10H2,1H3,(H,27,28)(H,23,24,25). The van der Waals surface area contributed by atoms with Gasteiger partial charge in [0.2, 0.25) is 0 Å². The third-order valence-electron chi connectivity index (χ3n) is 4.44. The van der Waals surface area contributed by atoms with Gasteiger partial charge in [0.25, 0.3) is 0 Å². The van der Waals surface area contributed by atoms with Crippen LogP contribution in [-0.4, -0.2) is 31.1 Å². The van der Waals surface area contributed by atoms with Crippen molar-refractivity contribution in [1.29, 1.82) is 0 Å². The molecule has 146 valence electrons. The van der Waals surface area contributed by atoms with Gasteiger partial charge in [-0.25, -0.2) is 9.78 Å². The van der Waals surface area contributed by atoms with Crippen LogP contribution < -0.4 is 4.74 Å². The number of halogens is 1. The predicted octanol–water partition coefficient (Wildman–Crippen LogP) is 4.57. The molecule has 7 nitrogen and oxygen atoms in total. The van der Waals surface area contributed by atoms with E-state index in [1.807, 2.05) is 24.3 Å². The van der Waals surface area contributed by atoms with E-state index < -0.39 is 5.97 Å². The number of imidazole rings is 1. The van der Waals surface area contributed by atoms with Gasteiger partial charge in [0, 0.05) is 5.56 Å². The van der Waals surface area contributed by atoms with Crippen molar-refractivity contribution in [2.75, 3.05) is 0 Å². The Morgan fingerprint density at radius 2 is 2.00 bits per heavy atom. The number of fused-ring (bicyclic) bond motifs is 1. The van der Waals surface area contributed by atoms with Gasteiger partial charge in [-0.2, -0.15) is 4.98 Å². The summed E-state index contributed by atoms with van der Waals surface area (Å²) in [6.07, 6.45) is 0. The molecule has 8 heteroatoms. The van der Waals surface area contributed by atoms with Gasteiger partial charge < -0.3 is 19.9 Å². The number of aliphatic hydroxyl groups excluding tert-OH is 1. The summed E-state index contributed by atoms with van der Waals surface area (Å²) in [6, 6.07) is 13.9. The zero-order chi connectivity index (χ0) is 20.5. The Morgan fingerprint density at radius 3 is 2.76 bits per heavy atom. The van der Waals surface area contributed by atoms with E-state index in [4.69, 9.17) is 16.3 Å². The summed E-state index contributed by atoms with van der Waals surface area (Å²) in [6.45, 7) is 1.64. The average Bonchev–Trinajstić information content (AvgIpc) is 3.09. The van der Waals surface area contributed by atoms with Crippen LogP contribution in [0.25, 0.3) is 22.4 Å². The summed E-state index contributed by atoms with van der Waals surface area (Å²) in [5.41, 5.74) is 3.83. The maximum atomic E-state index is 11.3. The Balaban J connectivity index is 1.70. The fourth-order valence-electron chi connectivity index (χ4n) is 2.97. The van der Waals surface area contributed by atoms with Gasteiger partial charge in [-0.1, -0.05) is 35.9 Å². The molecule has 4 rings (SSSR count). The topological polar surface area (TPSA) is 108 Å². The largest absolute Gasteiger partial charge is 0.478 e. The van der Waals surface area contributed by atoms with Gasteiger partial charge in [-0.15, -0.1) is 0 Å². The molecule has 0 unspecified atom stereocenters. The zero-order valence-corrected chi connectivity index (χ0v) is 16.1. The zero-order valence-electron chi connectivity index (χ0n) is 15.3. The molecule has 0 radical (unpaired) electrons. The van der Waals surface area contributed by atoms with E-state index in [1.54, 1.807) is 25.1 Å². The van der Waals surface area contributed by atoms with E-state index in [0.717, 1.165) is 11.1 Å². The molecule has 0 aliphatic heterocycles. The number of carboxylic acids is 1. The molecular formula is C21H16ClN3O4. The van der Waals surface area contributed by atoms with Crippen molar-refractivity contribution >= 4 is 28.7 Å². The smallest absolute Gasteiger partial charge is 0.336 e. The van der Waals surface area contributed by atoms with Gasteiger partial charge in [-0.3, -0.25) is 0 Å². The van der Waals surface area contributed by atoms with Crippen molar-refractivity contribution in [3.05, 3.63) is 70.2 Å². The second-order valence-electron chi connectivity index (χ2n) is 6.47. The van der Waals surface area contributed by atoms with E-state index >= 15 is 0 Å². The van der Waals surface area contributed by atoms with Crippen LogP contribution in [0.4, 0.5) is 0 Å². The summed E-state index contributed by atoms with van der Waals surface area (Å²) in [5.74, 6) is -0.685. The number of H-pyrrole nitrogens is 1. The van der Waals surface area contributed by atoms with E-state index in [9.17, 15) is 15.0 Å². The first-order valence-electron chi connectivity index (χ1n) is 8.73. The Hall–Kier alpha value is -3.42. The lowest BCUT2D eigenvalue weighted by atomic mass is 10.1. The Kier molecular flexibility index (Phi) is 4.92. The lowest BCUT2D eigenvalue weighted by molar-refractivity contribution is 0.0695. The third kappa shape index (κ3) is 3.78. The van der Waals surface area contributed by atoms with Crippen LogP contribution in [0.15, 0.2) is 48.5 Å². The van der Waals surface area contributed by atoms with Gasteiger partial charge in [0.1, 0.15) is 5.75 Å². The molecule has 29 heavy (non-hydrogen) atoms. The first-order valence-corrected chi connectivity index (χ1v) is 9.10. The highest BCUT2D eigenvalue weighted by atomic mass is 35.5. The number of rotatable bonds is 5. The van der Waals surface area contributed by atoms with Crippen molar-refractivity contribution in [2.45, 2.75) is 13.5 Å². The second-order valence-corrected chi connectivity index (χ2v) is 6.88. The van der Waals surface area contributed by atoms with E-state index in [2.05, 4.69) is 15.0 Å². The lowest BCUT2D eigenvalue weighted by Gasteiger charge is -2.05. The summed E-state index contributed by atoms with van der Waals surface area (Å²) >= 11 is 6.40. The molecule has 0 amide bonds. The number of nitrogens with zero attached hydrogens (tertiary/aromatic N) is 2. The van der Waals surface area contributed by atoms with Crippen molar-refractivity contribution in [1.82, 2.24) is 15.0 Å². The number of aromatic amines is 1. The molecule has 2 aromatic heterocycles. The number of pyridine rings is 1. The SMILES string of the molecule is Cc1ccc(Oc2nc3nc(-c4cccc(CO)c4)c(Cl)cc3[nH]2)cc1C(=O)O. The predicted molar refractivity (Wildman–Crippen MR) is 108 cm³/mol. The van der Waals surface area contributed by atoms with Crippen molar-refractivity contribution < 1.29 is 19.7 Å². The lowest BCUT2D eigenvalue weighted by Crippen LogP contribution is -2.00. The van der Waals surface area contributed by atoms with Crippen LogP contribution in [0, 0.1) is 6.92 Å². The number of carbonyl (C=O) groups is 1. The first kappa shape index (κ1) is 18.9. The average molecular weight is 410 g/mol. The summed E-state index contributed by atoms with van der Waals surface area (Å²) < 4.78 is 5.68. The number of ether oxygens (including phenoxy) is 1. The number of aromatic nitrogens is 3. The minimum Gasteiger partial charge on any atom is -0.478 e. The normalized spacial score (nSPS) is 11.0. The molecule has 0 aliphatic carbocycles. The van der Waals surface area contributed by atoms with Crippen LogP contribution in [0.1, 0.15) is 21.5 Å². The van der Waals surface area contributed by atoms with Crippen molar-refractivity contribution in [3.8, 4) is 23.0 Å². The molecular weight excluding hydrogens is 394 g/mol. The number of benzene rings is 2. The molecule has 0 atom stereocenters. The Bertz CT molecular complexity index is 1240. The van der Waals surface area contributed by atoms with Crippen LogP contribution in [0.2, 0.25) is 5.02 Å². The Labute approximate surface area is 170 Å². The van der Waals surface area contributed by atoms with E-state index in [0.29, 0.717) is 33.2 Å². The minimum atomic E-state index is -1.03. The van der Waals surface area contributed by atoms with Gasteiger partial charge in [0.05, 0.1) is 28.4 Å². The molecule has 0 aliphatic rings. The third-order valence-corrected chi connectivity index (χ3v) is 4.73. The number of hydrogen-bond donors (Lipinski definition) is 3. The number of carboxylic acid groups (broad SMARTS) is 1. The van der Waals surface area contributed by atoms with Crippen LogP contribution >= 0.6 is 11.6 Å². The van der Waals surface area contributed by atoms with Gasteiger partial charge >= 0.3 is 12.0 Å². The summed E-state index contributed by atoms with van der Waals surface area (Å²) in [7, 11) is 0. The van der Waals surface area contributed by atoms with Crippen molar-refractivity contribution in [3.63, 3.8) is 0 Å². The van der Waals surface area contributed by atoms with Gasteiger partial charge in [0.15, 0.2) is 5.65 Å². The minimum absolute atomic E-state index is 0.0804. The number of hydrogen-bond acceptors (Lipinski definition) is 5. The van der Waals surface area contributed by atoms with E-state index in [-0.39, 0.29) is 18.2 Å². The highest BCUT2D eigenvalue weighted by molar-refractivity contribution is 6.33. The number of nitrogens with one attached hydrogen (secondary N) is 1. The molecule has 0 fully saturated rings. The molecule has 0 saturated heterocycles. The van der Waals surface area contributed by atoms with E-state index in [1.165, 1.54) is 6.07 Å². The van der Waals surface area contributed by atoms with Crippen LogP contribution in [0.3, 0.4) is 0 Å². The Morgan fingerprint density at radius 1 is 1.17 bits per heavy atom. The molecule has 0 bridgehead atoms. The molecule has 4 aromatic rings. The quantitative estimate of drug-likeness (QED) is 0.445. The van der Waals surface area contributed by atoms with Crippen molar-refractivity contribution in [2.24, 2.45) is 0 Å². The summed E-state index contributed by atoms with van der Waals surface area (Å²) in [4.78, 5) is 23.1. The molecule has 0 saturated carbocycles. The first-order chi connectivity index (χ1) is 13.9. The van der Waals surface area contributed by atoms with Crippen LogP contribution in [0.5, 0.6) is 11.8 Å².